The van der Waals surface area contributed by atoms with Gasteiger partial charge in [-0.2, -0.15) is 17.5 Å². The number of hydrogen-bond acceptors (Lipinski definition) is 3. The first-order valence-corrected chi connectivity index (χ1v) is 9.01. The van der Waals surface area contributed by atoms with Crippen LogP contribution in [0.5, 0.6) is 0 Å². The summed E-state index contributed by atoms with van der Waals surface area (Å²) in [5.74, 6) is -0.706. The summed E-state index contributed by atoms with van der Waals surface area (Å²) >= 11 is 5.72. The fraction of sp³-hybridized carbons (Fsp3) is 0.188. The van der Waals surface area contributed by atoms with E-state index in [0.717, 1.165) is 19.2 Å². The molecule has 0 aromatic heterocycles. The van der Waals surface area contributed by atoms with Crippen molar-refractivity contribution < 1.29 is 26.4 Å². The molecule has 0 bridgehead atoms. The molecule has 0 heterocycles. The lowest BCUT2D eigenvalue weighted by Gasteiger charge is -2.20. The van der Waals surface area contributed by atoms with Crippen molar-refractivity contribution >= 4 is 33.2 Å². The van der Waals surface area contributed by atoms with Crippen molar-refractivity contribution in [2.75, 3.05) is 18.9 Å². The third-order valence-corrected chi connectivity index (χ3v) is 5.49. The number of carbonyl (C=O) groups is 1. The van der Waals surface area contributed by atoms with Gasteiger partial charge >= 0.3 is 6.18 Å². The zero-order chi connectivity index (χ0) is 19.5. The van der Waals surface area contributed by atoms with Crippen LogP contribution in [-0.2, 0) is 21.0 Å². The van der Waals surface area contributed by atoms with Gasteiger partial charge in [0.2, 0.25) is 15.9 Å². The number of sulfonamides is 1. The Labute approximate surface area is 153 Å². The number of carbonyl (C=O) groups excluding carboxylic acids is 1. The Kier molecular flexibility index (Phi) is 5.94. The van der Waals surface area contributed by atoms with E-state index in [2.05, 4.69) is 5.32 Å². The molecule has 0 atom stereocenters. The normalized spacial score (nSPS) is 12.2. The van der Waals surface area contributed by atoms with E-state index >= 15 is 0 Å². The van der Waals surface area contributed by atoms with Crippen molar-refractivity contribution in [2.24, 2.45) is 0 Å². The van der Waals surface area contributed by atoms with Crippen molar-refractivity contribution in [1.29, 1.82) is 0 Å². The van der Waals surface area contributed by atoms with Gasteiger partial charge in [0, 0.05) is 17.8 Å². The summed E-state index contributed by atoms with van der Waals surface area (Å²) in [6.45, 7) is -0.656. The van der Waals surface area contributed by atoms with Crippen LogP contribution in [0.4, 0.5) is 18.9 Å². The molecule has 0 saturated heterocycles. The van der Waals surface area contributed by atoms with Gasteiger partial charge < -0.3 is 5.32 Å². The number of anilines is 1. The monoisotopic (exact) mass is 406 g/mol. The molecule has 0 spiro atoms. The van der Waals surface area contributed by atoms with E-state index in [9.17, 15) is 26.4 Å². The molecule has 0 aliphatic heterocycles. The molecule has 0 unspecified atom stereocenters. The second-order valence-corrected chi connectivity index (χ2v) is 7.76. The van der Waals surface area contributed by atoms with Gasteiger partial charge in [0.05, 0.1) is 17.0 Å². The Bertz CT molecular complexity index is 900. The number of benzene rings is 2. The lowest BCUT2D eigenvalue weighted by atomic mass is 10.2. The van der Waals surface area contributed by atoms with Crippen LogP contribution in [0.2, 0.25) is 5.02 Å². The van der Waals surface area contributed by atoms with Gasteiger partial charge in [-0.05, 0) is 36.4 Å². The largest absolute Gasteiger partial charge is 0.417 e. The minimum atomic E-state index is -4.84. The van der Waals surface area contributed by atoms with Gasteiger partial charge in [-0.1, -0.05) is 23.7 Å². The van der Waals surface area contributed by atoms with Gasteiger partial charge in [-0.3, -0.25) is 4.79 Å². The first-order chi connectivity index (χ1) is 12.0. The average molecular weight is 407 g/mol. The summed E-state index contributed by atoms with van der Waals surface area (Å²) < 4.78 is 64.6. The van der Waals surface area contributed by atoms with Crippen molar-refractivity contribution in [2.45, 2.75) is 11.1 Å². The Morgan fingerprint density at radius 3 is 2.27 bits per heavy atom. The molecule has 2 aromatic carbocycles. The molecule has 0 fully saturated rings. The van der Waals surface area contributed by atoms with E-state index in [1.807, 2.05) is 0 Å². The van der Waals surface area contributed by atoms with Gasteiger partial charge in [0.1, 0.15) is 0 Å². The number of nitrogens with one attached hydrogen (secondary N) is 1. The van der Waals surface area contributed by atoms with Gasteiger partial charge in [-0.15, -0.1) is 0 Å². The molecule has 5 nitrogen and oxygen atoms in total. The van der Waals surface area contributed by atoms with E-state index in [-0.39, 0.29) is 0 Å². The second kappa shape index (κ2) is 7.65. The predicted molar refractivity (Wildman–Crippen MR) is 91.3 cm³/mol. The van der Waals surface area contributed by atoms with E-state index in [1.165, 1.54) is 30.3 Å². The summed E-state index contributed by atoms with van der Waals surface area (Å²) in [4.78, 5) is 11.1. The Balaban J connectivity index is 2.19. The van der Waals surface area contributed by atoms with Crippen molar-refractivity contribution in [1.82, 2.24) is 4.31 Å². The molecular weight excluding hydrogens is 393 g/mol. The average Bonchev–Trinajstić information content (AvgIpc) is 2.56. The third kappa shape index (κ3) is 4.75. The summed E-state index contributed by atoms with van der Waals surface area (Å²) in [6.07, 6.45) is -4.84. The maximum absolute atomic E-state index is 13.1. The topological polar surface area (TPSA) is 66.5 Å². The van der Waals surface area contributed by atoms with Crippen LogP contribution >= 0.6 is 11.6 Å². The minimum Gasteiger partial charge on any atom is -0.325 e. The zero-order valence-electron chi connectivity index (χ0n) is 13.4. The SMILES string of the molecule is CN(CC(=O)Nc1ccc(Cl)cc1)S(=O)(=O)c1ccccc1C(F)(F)F. The van der Waals surface area contributed by atoms with E-state index < -0.39 is 39.1 Å². The number of alkyl halides is 3. The van der Waals surface area contributed by atoms with Crippen LogP contribution in [-0.4, -0.2) is 32.2 Å². The summed E-state index contributed by atoms with van der Waals surface area (Å²) in [5.41, 5.74) is -0.911. The number of rotatable bonds is 5. The van der Waals surface area contributed by atoms with Gasteiger partial charge in [0.15, 0.2) is 0 Å². The van der Waals surface area contributed by atoms with Crippen LogP contribution in [0.1, 0.15) is 5.56 Å². The molecular formula is C16H14ClF3N2O3S. The van der Waals surface area contributed by atoms with Gasteiger partial charge in [-0.25, -0.2) is 8.42 Å². The van der Waals surface area contributed by atoms with Crippen LogP contribution < -0.4 is 5.32 Å². The van der Waals surface area contributed by atoms with Crippen molar-refractivity contribution in [3.8, 4) is 0 Å². The quantitative estimate of drug-likeness (QED) is 0.824. The number of hydrogen-bond donors (Lipinski definition) is 1. The first-order valence-electron chi connectivity index (χ1n) is 7.20. The number of amides is 1. The van der Waals surface area contributed by atoms with Crippen LogP contribution in [0.25, 0.3) is 0 Å². The molecule has 2 aromatic rings. The van der Waals surface area contributed by atoms with Crippen LogP contribution in [0.3, 0.4) is 0 Å². The van der Waals surface area contributed by atoms with Crippen LogP contribution in [0.15, 0.2) is 53.4 Å². The lowest BCUT2D eigenvalue weighted by Crippen LogP contribution is -2.35. The minimum absolute atomic E-state index is 0.376. The molecule has 0 aliphatic carbocycles. The van der Waals surface area contributed by atoms with E-state index in [0.29, 0.717) is 21.1 Å². The molecule has 140 valence electrons. The van der Waals surface area contributed by atoms with E-state index in [1.54, 1.807) is 0 Å². The molecule has 2 rings (SSSR count). The van der Waals surface area contributed by atoms with Crippen molar-refractivity contribution in [3.05, 3.63) is 59.1 Å². The highest BCUT2D eigenvalue weighted by atomic mass is 35.5. The summed E-state index contributed by atoms with van der Waals surface area (Å²) in [6, 6.07) is 9.87. The number of nitrogens with zero attached hydrogens (tertiary/aromatic N) is 1. The Morgan fingerprint density at radius 1 is 1.12 bits per heavy atom. The molecule has 1 amide bonds. The Hall–Kier alpha value is -2.10. The predicted octanol–water partition coefficient (Wildman–Crippen LogP) is 3.62. The maximum atomic E-state index is 13.1. The second-order valence-electron chi connectivity index (χ2n) is 5.31. The van der Waals surface area contributed by atoms with Crippen molar-refractivity contribution in [3.63, 3.8) is 0 Å². The highest BCUT2D eigenvalue weighted by Gasteiger charge is 2.38. The molecule has 26 heavy (non-hydrogen) atoms. The molecule has 0 saturated carbocycles. The fourth-order valence-corrected chi connectivity index (χ4v) is 3.58. The maximum Gasteiger partial charge on any atom is 0.417 e. The highest BCUT2D eigenvalue weighted by Crippen LogP contribution is 2.34. The number of halogens is 4. The Morgan fingerprint density at radius 2 is 1.69 bits per heavy atom. The van der Waals surface area contributed by atoms with Gasteiger partial charge in [0.25, 0.3) is 0 Å². The smallest absolute Gasteiger partial charge is 0.325 e. The zero-order valence-corrected chi connectivity index (χ0v) is 15.0. The third-order valence-electron chi connectivity index (χ3n) is 3.37. The van der Waals surface area contributed by atoms with Crippen LogP contribution in [0, 0.1) is 0 Å². The fourth-order valence-electron chi connectivity index (χ4n) is 2.11. The first kappa shape index (κ1) is 20.2. The lowest BCUT2D eigenvalue weighted by molar-refractivity contribution is -0.139. The summed E-state index contributed by atoms with van der Waals surface area (Å²) in [5, 5.41) is 2.89. The number of likely N-dealkylation sites (N-methyl/N-ethyl adjacent to an activating group) is 1. The molecule has 10 heteroatoms. The highest BCUT2D eigenvalue weighted by molar-refractivity contribution is 7.89. The van der Waals surface area contributed by atoms with E-state index in [4.69, 9.17) is 11.6 Å². The molecule has 0 radical (unpaired) electrons. The molecule has 1 N–H and O–H groups in total. The molecule has 0 aliphatic rings. The summed E-state index contributed by atoms with van der Waals surface area (Å²) in [7, 11) is -3.48. The standard InChI is InChI=1S/C16H14ClF3N2O3S/c1-22(10-15(23)21-12-8-6-11(17)7-9-12)26(24,25)14-5-3-2-4-13(14)16(18,19)20/h2-9H,10H2,1H3,(H,21,23).